The van der Waals surface area contributed by atoms with Crippen molar-refractivity contribution in [2.75, 3.05) is 26.2 Å². The van der Waals surface area contributed by atoms with E-state index in [1.54, 1.807) is 0 Å². The zero-order valence-electron chi connectivity index (χ0n) is 10.4. The van der Waals surface area contributed by atoms with Crippen LogP contribution in [0.25, 0.3) is 0 Å². The lowest BCUT2D eigenvalue weighted by Crippen LogP contribution is -2.42. The Morgan fingerprint density at radius 1 is 1.53 bits per heavy atom. The molecule has 0 aliphatic carbocycles. The summed E-state index contributed by atoms with van der Waals surface area (Å²) in [4.78, 5) is 4.44. The molecule has 4 heteroatoms. The number of aliphatic hydroxyl groups is 1. The SMILES string of the molecule is Cc1cccc(CCNC[C@]2(O)CCNC2)n1. The van der Waals surface area contributed by atoms with E-state index in [-0.39, 0.29) is 0 Å². The van der Waals surface area contributed by atoms with Crippen molar-refractivity contribution in [3.63, 3.8) is 0 Å². The molecule has 0 spiro atoms. The van der Waals surface area contributed by atoms with Crippen molar-refractivity contribution >= 4 is 0 Å². The number of aryl methyl sites for hydroxylation is 1. The fourth-order valence-electron chi connectivity index (χ4n) is 2.16. The van der Waals surface area contributed by atoms with Gasteiger partial charge in [-0.2, -0.15) is 0 Å². The highest BCUT2D eigenvalue weighted by molar-refractivity contribution is 5.10. The molecule has 0 radical (unpaired) electrons. The molecule has 1 aromatic heterocycles. The first-order chi connectivity index (χ1) is 8.18. The van der Waals surface area contributed by atoms with E-state index in [9.17, 15) is 5.11 Å². The lowest BCUT2D eigenvalue weighted by Gasteiger charge is -2.21. The van der Waals surface area contributed by atoms with Gasteiger partial charge in [0.15, 0.2) is 0 Å². The Morgan fingerprint density at radius 2 is 2.41 bits per heavy atom. The minimum Gasteiger partial charge on any atom is -0.387 e. The molecule has 94 valence electrons. The molecule has 0 aromatic carbocycles. The van der Waals surface area contributed by atoms with Crippen molar-refractivity contribution in [1.82, 2.24) is 15.6 Å². The van der Waals surface area contributed by atoms with Crippen LogP contribution in [0.2, 0.25) is 0 Å². The van der Waals surface area contributed by atoms with Crippen molar-refractivity contribution in [2.24, 2.45) is 0 Å². The summed E-state index contributed by atoms with van der Waals surface area (Å²) in [5.74, 6) is 0. The number of nitrogens with zero attached hydrogens (tertiary/aromatic N) is 1. The van der Waals surface area contributed by atoms with Crippen LogP contribution in [-0.2, 0) is 6.42 Å². The Bertz CT molecular complexity index is 361. The molecule has 4 nitrogen and oxygen atoms in total. The minimum absolute atomic E-state index is 0.556. The Hall–Kier alpha value is -0.970. The van der Waals surface area contributed by atoms with Gasteiger partial charge in [0.05, 0.1) is 5.60 Å². The van der Waals surface area contributed by atoms with Crippen LogP contribution in [0, 0.1) is 6.92 Å². The quantitative estimate of drug-likeness (QED) is 0.640. The molecule has 2 rings (SSSR count). The van der Waals surface area contributed by atoms with E-state index in [4.69, 9.17) is 0 Å². The zero-order valence-corrected chi connectivity index (χ0v) is 10.4. The van der Waals surface area contributed by atoms with Gasteiger partial charge in [0.2, 0.25) is 0 Å². The van der Waals surface area contributed by atoms with Gasteiger partial charge in [-0.15, -0.1) is 0 Å². The summed E-state index contributed by atoms with van der Waals surface area (Å²) in [6.07, 6.45) is 1.74. The van der Waals surface area contributed by atoms with E-state index in [0.29, 0.717) is 13.1 Å². The summed E-state index contributed by atoms with van der Waals surface area (Å²) in [5, 5.41) is 16.6. The van der Waals surface area contributed by atoms with Crippen molar-refractivity contribution in [3.8, 4) is 0 Å². The van der Waals surface area contributed by atoms with E-state index in [2.05, 4.69) is 15.6 Å². The highest BCUT2D eigenvalue weighted by atomic mass is 16.3. The molecule has 0 saturated carbocycles. The molecule has 0 amide bonds. The van der Waals surface area contributed by atoms with Crippen LogP contribution in [0.15, 0.2) is 18.2 Å². The van der Waals surface area contributed by atoms with Gasteiger partial charge in [0, 0.05) is 37.4 Å². The third-order valence-electron chi connectivity index (χ3n) is 3.18. The molecule has 1 aliphatic heterocycles. The third kappa shape index (κ3) is 3.77. The van der Waals surface area contributed by atoms with E-state index in [1.165, 1.54) is 0 Å². The second kappa shape index (κ2) is 5.58. The van der Waals surface area contributed by atoms with Gasteiger partial charge >= 0.3 is 0 Å². The van der Waals surface area contributed by atoms with Crippen LogP contribution in [-0.4, -0.2) is 41.9 Å². The molecule has 1 fully saturated rings. The first-order valence-electron chi connectivity index (χ1n) is 6.24. The minimum atomic E-state index is -0.556. The Balaban J connectivity index is 1.69. The standard InChI is InChI=1S/C13H21N3O/c1-11-3-2-4-12(16-11)5-7-14-9-13(17)6-8-15-10-13/h2-4,14-15,17H,5-10H2,1H3/t13-/m1/s1. The van der Waals surface area contributed by atoms with E-state index in [0.717, 1.165) is 37.3 Å². The molecule has 17 heavy (non-hydrogen) atoms. The summed E-state index contributed by atoms with van der Waals surface area (Å²) in [5.41, 5.74) is 1.61. The fourth-order valence-corrected chi connectivity index (χ4v) is 2.16. The first-order valence-corrected chi connectivity index (χ1v) is 6.24. The van der Waals surface area contributed by atoms with Gasteiger partial charge in [-0.05, 0) is 32.0 Å². The van der Waals surface area contributed by atoms with Crippen molar-refractivity contribution < 1.29 is 5.11 Å². The molecular weight excluding hydrogens is 214 g/mol. The maximum atomic E-state index is 10.1. The average Bonchev–Trinajstić information content (AvgIpc) is 2.72. The van der Waals surface area contributed by atoms with Gasteiger partial charge in [-0.3, -0.25) is 4.98 Å². The fraction of sp³-hybridized carbons (Fsp3) is 0.615. The number of hydrogen-bond donors (Lipinski definition) is 3. The topological polar surface area (TPSA) is 57.2 Å². The summed E-state index contributed by atoms with van der Waals surface area (Å²) in [7, 11) is 0. The van der Waals surface area contributed by atoms with Crippen LogP contribution in [0.4, 0.5) is 0 Å². The molecule has 1 atom stereocenters. The Labute approximate surface area is 102 Å². The van der Waals surface area contributed by atoms with Crippen LogP contribution >= 0.6 is 0 Å². The Kier molecular flexibility index (Phi) is 4.10. The summed E-state index contributed by atoms with van der Waals surface area (Å²) in [6.45, 7) is 5.13. The van der Waals surface area contributed by atoms with E-state index >= 15 is 0 Å². The Morgan fingerprint density at radius 3 is 3.12 bits per heavy atom. The number of aromatic nitrogens is 1. The van der Waals surface area contributed by atoms with Crippen LogP contribution in [0.1, 0.15) is 17.8 Å². The summed E-state index contributed by atoms with van der Waals surface area (Å²) >= 11 is 0. The zero-order chi connectivity index (χ0) is 12.1. The third-order valence-corrected chi connectivity index (χ3v) is 3.18. The van der Waals surface area contributed by atoms with Gasteiger partial charge in [0.1, 0.15) is 0 Å². The molecule has 0 bridgehead atoms. The van der Waals surface area contributed by atoms with Crippen molar-refractivity contribution in [1.29, 1.82) is 0 Å². The van der Waals surface area contributed by atoms with Gasteiger partial charge in [-0.25, -0.2) is 0 Å². The second-order valence-corrected chi connectivity index (χ2v) is 4.85. The molecule has 2 heterocycles. The van der Waals surface area contributed by atoms with E-state index < -0.39 is 5.60 Å². The van der Waals surface area contributed by atoms with Gasteiger partial charge in [-0.1, -0.05) is 6.07 Å². The van der Waals surface area contributed by atoms with E-state index in [1.807, 2.05) is 25.1 Å². The molecule has 1 aliphatic rings. The number of pyridine rings is 1. The summed E-state index contributed by atoms with van der Waals surface area (Å²) < 4.78 is 0. The number of hydrogen-bond acceptors (Lipinski definition) is 4. The maximum Gasteiger partial charge on any atom is 0.0907 e. The first kappa shape index (κ1) is 12.5. The molecule has 1 saturated heterocycles. The molecule has 1 aromatic rings. The van der Waals surface area contributed by atoms with Crippen LogP contribution in [0.5, 0.6) is 0 Å². The van der Waals surface area contributed by atoms with Crippen LogP contribution < -0.4 is 10.6 Å². The predicted octanol–water partition coefficient (Wildman–Crippen LogP) is 0.247. The normalized spacial score (nSPS) is 24.1. The van der Waals surface area contributed by atoms with Gasteiger partial charge < -0.3 is 15.7 Å². The average molecular weight is 235 g/mol. The van der Waals surface area contributed by atoms with Crippen LogP contribution in [0.3, 0.4) is 0 Å². The lowest BCUT2D eigenvalue weighted by atomic mass is 10.0. The predicted molar refractivity (Wildman–Crippen MR) is 68.0 cm³/mol. The smallest absolute Gasteiger partial charge is 0.0907 e. The van der Waals surface area contributed by atoms with Gasteiger partial charge in [0.25, 0.3) is 0 Å². The number of nitrogens with one attached hydrogen (secondary N) is 2. The van der Waals surface area contributed by atoms with Crippen molar-refractivity contribution in [3.05, 3.63) is 29.6 Å². The highest BCUT2D eigenvalue weighted by Crippen LogP contribution is 2.12. The number of rotatable bonds is 5. The lowest BCUT2D eigenvalue weighted by molar-refractivity contribution is 0.0614. The maximum absolute atomic E-state index is 10.1. The summed E-state index contributed by atoms with van der Waals surface area (Å²) in [6, 6.07) is 6.08. The molecule has 0 unspecified atom stereocenters. The monoisotopic (exact) mass is 235 g/mol. The van der Waals surface area contributed by atoms with Crippen molar-refractivity contribution in [2.45, 2.75) is 25.4 Å². The molecular formula is C13H21N3O. The molecule has 3 N–H and O–H groups in total. The second-order valence-electron chi connectivity index (χ2n) is 4.85. The largest absolute Gasteiger partial charge is 0.387 e. The number of β-amino-alcohol motifs (C(OH)–C–C–N with tert-alkyl or cyclic N) is 1. The highest BCUT2D eigenvalue weighted by Gasteiger charge is 2.30.